The lowest BCUT2D eigenvalue weighted by Crippen LogP contribution is -2.36. The standard InChI is InChI=1S/C19H20ClFN2O3S/c20-17-11-6-13(19(24)22-15-4-2-1-3-5-15)12-18(17)23-27(25,26)16-9-7-14(21)8-10-16/h6-12,15,23H,1-5H2,(H,22,24). The number of hydrogen-bond donors (Lipinski definition) is 2. The largest absolute Gasteiger partial charge is 0.349 e. The minimum Gasteiger partial charge on any atom is -0.349 e. The molecular formula is C19H20ClFN2O3S. The number of carbonyl (C=O) groups is 1. The van der Waals surface area contributed by atoms with E-state index in [1.165, 1.54) is 18.6 Å². The third-order valence-electron chi connectivity index (χ3n) is 4.54. The normalized spacial score (nSPS) is 15.3. The molecule has 0 saturated heterocycles. The van der Waals surface area contributed by atoms with E-state index in [-0.39, 0.29) is 27.6 Å². The Morgan fingerprint density at radius 3 is 2.37 bits per heavy atom. The molecule has 0 heterocycles. The lowest BCUT2D eigenvalue weighted by molar-refractivity contribution is 0.0927. The fraction of sp³-hybridized carbons (Fsp3) is 0.316. The van der Waals surface area contributed by atoms with E-state index < -0.39 is 15.8 Å². The first-order chi connectivity index (χ1) is 12.8. The van der Waals surface area contributed by atoms with Gasteiger partial charge in [0.05, 0.1) is 15.6 Å². The lowest BCUT2D eigenvalue weighted by atomic mass is 9.95. The van der Waals surface area contributed by atoms with Crippen molar-refractivity contribution in [3.63, 3.8) is 0 Å². The zero-order chi connectivity index (χ0) is 19.4. The second kappa shape index (κ2) is 8.27. The van der Waals surface area contributed by atoms with Crippen LogP contribution in [0.5, 0.6) is 0 Å². The summed E-state index contributed by atoms with van der Waals surface area (Å²) in [5, 5.41) is 3.14. The van der Waals surface area contributed by atoms with Crippen LogP contribution in [0.2, 0.25) is 5.02 Å². The molecule has 0 bridgehead atoms. The molecule has 2 N–H and O–H groups in total. The van der Waals surface area contributed by atoms with Crippen molar-refractivity contribution < 1.29 is 17.6 Å². The van der Waals surface area contributed by atoms with Crippen LogP contribution in [0.25, 0.3) is 0 Å². The van der Waals surface area contributed by atoms with Crippen LogP contribution in [0, 0.1) is 5.82 Å². The van der Waals surface area contributed by atoms with Crippen molar-refractivity contribution in [1.29, 1.82) is 0 Å². The highest BCUT2D eigenvalue weighted by Crippen LogP contribution is 2.26. The fourth-order valence-electron chi connectivity index (χ4n) is 3.08. The second-order valence-electron chi connectivity index (χ2n) is 6.56. The number of nitrogens with one attached hydrogen (secondary N) is 2. The van der Waals surface area contributed by atoms with E-state index in [1.54, 1.807) is 6.07 Å². The van der Waals surface area contributed by atoms with Gasteiger partial charge in [-0.3, -0.25) is 9.52 Å². The Morgan fingerprint density at radius 2 is 1.70 bits per heavy atom. The Bertz CT molecular complexity index is 926. The molecule has 2 aromatic carbocycles. The zero-order valence-electron chi connectivity index (χ0n) is 14.5. The Morgan fingerprint density at radius 1 is 1.04 bits per heavy atom. The summed E-state index contributed by atoms with van der Waals surface area (Å²) in [6.07, 6.45) is 5.26. The van der Waals surface area contributed by atoms with Gasteiger partial charge in [-0.1, -0.05) is 30.9 Å². The van der Waals surface area contributed by atoms with Gasteiger partial charge in [0.1, 0.15) is 5.82 Å². The van der Waals surface area contributed by atoms with Crippen molar-refractivity contribution in [3.8, 4) is 0 Å². The molecule has 1 aliphatic carbocycles. The molecule has 0 atom stereocenters. The first kappa shape index (κ1) is 19.6. The summed E-state index contributed by atoms with van der Waals surface area (Å²) in [5.41, 5.74) is 0.416. The Hall–Kier alpha value is -2.12. The SMILES string of the molecule is O=C(NC1CCCCC1)c1ccc(Cl)c(NS(=O)(=O)c2ccc(F)cc2)c1. The van der Waals surface area contributed by atoms with Crippen LogP contribution < -0.4 is 10.0 Å². The lowest BCUT2D eigenvalue weighted by Gasteiger charge is -2.23. The van der Waals surface area contributed by atoms with Gasteiger partial charge < -0.3 is 5.32 Å². The first-order valence-electron chi connectivity index (χ1n) is 8.74. The van der Waals surface area contributed by atoms with Crippen molar-refractivity contribution in [2.75, 3.05) is 4.72 Å². The topological polar surface area (TPSA) is 75.3 Å². The van der Waals surface area contributed by atoms with Gasteiger partial charge in [0.2, 0.25) is 0 Å². The van der Waals surface area contributed by atoms with Crippen LogP contribution in [-0.2, 0) is 10.0 Å². The quantitative estimate of drug-likeness (QED) is 0.769. The van der Waals surface area contributed by atoms with Gasteiger partial charge in [0.15, 0.2) is 0 Å². The highest BCUT2D eigenvalue weighted by atomic mass is 35.5. The fourth-order valence-corrected chi connectivity index (χ4v) is 4.37. The molecule has 1 aliphatic rings. The summed E-state index contributed by atoms with van der Waals surface area (Å²) >= 11 is 6.09. The van der Waals surface area contributed by atoms with E-state index in [4.69, 9.17) is 11.6 Å². The number of anilines is 1. The maximum Gasteiger partial charge on any atom is 0.261 e. The van der Waals surface area contributed by atoms with Gasteiger partial charge in [-0.05, 0) is 55.3 Å². The molecule has 0 aliphatic heterocycles. The van der Waals surface area contributed by atoms with Gasteiger partial charge in [0, 0.05) is 11.6 Å². The predicted molar refractivity (Wildman–Crippen MR) is 103 cm³/mol. The van der Waals surface area contributed by atoms with Crippen LogP contribution >= 0.6 is 11.6 Å². The van der Waals surface area contributed by atoms with E-state index in [0.29, 0.717) is 5.56 Å². The number of hydrogen-bond acceptors (Lipinski definition) is 3. The third kappa shape index (κ3) is 4.99. The first-order valence-corrected chi connectivity index (χ1v) is 10.6. The number of rotatable bonds is 5. The molecule has 1 fully saturated rings. The van der Waals surface area contributed by atoms with Crippen molar-refractivity contribution >= 4 is 33.2 Å². The van der Waals surface area contributed by atoms with Crippen molar-refractivity contribution in [2.24, 2.45) is 0 Å². The predicted octanol–water partition coefficient (Wildman–Crippen LogP) is 4.34. The zero-order valence-corrected chi connectivity index (χ0v) is 16.1. The monoisotopic (exact) mass is 410 g/mol. The molecule has 0 radical (unpaired) electrons. The van der Waals surface area contributed by atoms with E-state index in [1.807, 2.05) is 0 Å². The van der Waals surface area contributed by atoms with Crippen LogP contribution in [0.3, 0.4) is 0 Å². The Balaban J connectivity index is 1.78. The summed E-state index contributed by atoms with van der Waals surface area (Å²) in [6.45, 7) is 0. The van der Waals surface area contributed by atoms with Gasteiger partial charge in [-0.25, -0.2) is 12.8 Å². The molecular weight excluding hydrogens is 391 g/mol. The molecule has 27 heavy (non-hydrogen) atoms. The van der Waals surface area contributed by atoms with Crippen molar-refractivity contribution in [1.82, 2.24) is 5.32 Å². The molecule has 2 aromatic rings. The highest BCUT2D eigenvalue weighted by molar-refractivity contribution is 7.92. The number of halogens is 2. The molecule has 3 rings (SSSR count). The van der Waals surface area contributed by atoms with E-state index in [0.717, 1.165) is 49.9 Å². The molecule has 8 heteroatoms. The van der Waals surface area contributed by atoms with Crippen molar-refractivity contribution in [2.45, 2.75) is 43.0 Å². The Kier molecular flexibility index (Phi) is 6.01. The summed E-state index contributed by atoms with van der Waals surface area (Å²) in [4.78, 5) is 12.4. The Labute approximate surface area is 163 Å². The van der Waals surface area contributed by atoms with Crippen LogP contribution in [-0.4, -0.2) is 20.4 Å². The van der Waals surface area contributed by atoms with E-state index in [9.17, 15) is 17.6 Å². The van der Waals surface area contributed by atoms with Gasteiger partial charge >= 0.3 is 0 Å². The second-order valence-corrected chi connectivity index (χ2v) is 8.65. The summed E-state index contributed by atoms with van der Waals surface area (Å²) in [5.74, 6) is -0.797. The minimum absolute atomic E-state index is 0.0947. The van der Waals surface area contributed by atoms with E-state index >= 15 is 0 Å². The number of carbonyl (C=O) groups excluding carboxylic acids is 1. The number of benzene rings is 2. The molecule has 0 unspecified atom stereocenters. The average Bonchev–Trinajstić information content (AvgIpc) is 2.64. The molecule has 0 spiro atoms. The number of sulfonamides is 1. The molecule has 144 valence electrons. The minimum atomic E-state index is -3.96. The van der Waals surface area contributed by atoms with Crippen LogP contribution in [0.4, 0.5) is 10.1 Å². The van der Waals surface area contributed by atoms with Gasteiger partial charge in [-0.15, -0.1) is 0 Å². The summed E-state index contributed by atoms with van der Waals surface area (Å²) in [7, 11) is -3.96. The van der Waals surface area contributed by atoms with Gasteiger partial charge in [-0.2, -0.15) is 0 Å². The molecule has 0 aromatic heterocycles. The molecule has 1 amide bonds. The third-order valence-corrected chi connectivity index (χ3v) is 6.25. The summed E-state index contributed by atoms with van der Waals surface area (Å²) < 4.78 is 40.3. The highest BCUT2D eigenvalue weighted by Gasteiger charge is 2.19. The summed E-state index contributed by atoms with van der Waals surface area (Å²) in [6, 6.07) is 9.00. The molecule has 1 saturated carbocycles. The molecule has 5 nitrogen and oxygen atoms in total. The maximum atomic E-state index is 13.0. The van der Waals surface area contributed by atoms with E-state index in [2.05, 4.69) is 10.0 Å². The number of amides is 1. The maximum absolute atomic E-state index is 13.0. The average molecular weight is 411 g/mol. The smallest absolute Gasteiger partial charge is 0.261 e. The van der Waals surface area contributed by atoms with Crippen LogP contribution in [0.1, 0.15) is 42.5 Å². The van der Waals surface area contributed by atoms with Crippen LogP contribution in [0.15, 0.2) is 47.4 Å². The van der Waals surface area contributed by atoms with Crippen molar-refractivity contribution in [3.05, 3.63) is 58.9 Å². The van der Waals surface area contributed by atoms with Gasteiger partial charge in [0.25, 0.3) is 15.9 Å².